The molecule has 0 aliphatic rings. The average Bonchev–Trinajstić information content (AvgIpc) is 1.67. The van der Waals surface area contributed by atoms with Crippen LogP contribution >= 0.6 is 0 Å². The summed E-state index contributed by atoms with van der Waals surface area (Å²) in [7, 11) is 0. The first-order chi connectivity index (χ1) is 3.62. The first-order valence-electron chi connectivity index (χ1n) is 2.58. The molecule has 0 aromatic heterocycles. The molecule has 1 radical (unpaired) electrons. The maximum absolute atomic E-state index is 8.82. The van der Waals surface area contributed by atoms with Gasteiger partial charge in [-0.15, -0.1) is 0 Å². The van der Waals surface area contributed by atoms with Gasteiger partial charge in [0.2, 0.25) is 5.91 Å². The molecule has 49 valence electrons. The van der Waals surface area contributed by atoms with Crippen LogP contribution in [-0.2, 0) is 4.74 Å². The van der Waals surface area contributed by atoms with E-state index in [0.29, 0.717) is 6.61 Å². The normalized spacial score (nSPS) is 18.0. The summed E-state index contributed by atoms with van der Waals surface area (Å²) in [4.78, 5) is 0. The Morgan fingerprint density at radius 2 is 2.38 bits per heavy atom. The van der Waals surface area contributed by atoms with Crippen LogP contribution in [0, 0.1) is 6.42 Å². The summed E-state index contributed by atoms with van der Waals surface area (Å²) in [6.45, 7) is 3.81. The minimum Gasteiger partial charge on any atom is -0.353 e. The maximum atomic E-state index is 8.82. The Morgan fingerprint density at radius 1 is 1.88 bits per heavy atom. The molecule has 0 bridgehead atoms. The van der Waals surface area contributed by atoms with Gasteiger partial charge < -0.3 is 9.84 Å². The molecule has 0 fully saturated rings. The second kappa shape index (κ2) is 3.02. The van der Waals surface area contributed by atoms with Crippen LogP contribution in [0.4, 0.5) is 0 Å². The minimum atomic E-state index is -1.53. The molecular formula is C5H12NO2. The predicted octanol–water partition coefficient (Wildman–Crippen LogP) is -0.148. The monoisotopic (exact) mass is 118 g/mol. The fourth-order valence-corrected chi connectivity index (χ4v) is 0.315. The molecule has 0 saturated heterocycles. The Labute approximate surface area is 49.4 Å². The molecule has 8 heavy (non-hydrogen) atoms. The molecule has 0 saturated carbocycles. The second-order valence-electron chi connectivity index (χ2n) is 1.47. The minimum absolute atomic E-state index is 0.414. The summed E-state index contributed by atoms with van der Waals surface area (Å²) in [6.07, 6.45) is 1.39. The highest BCUT2D eigenvalue weighted by Gasteiger charge is 2.16. The number of rotatable bonds is 3. The number of hydrogen-bond acceptors (Lipinski definition) is 3. The molecule has 0 aliphatic carbocycles. The van der Waals surface area contributed by atoms with E-state index in [0.717, 1.165) is 0 Å². The summed E-state index contributed by atoms with van der Waals surface area (Å²) in [5.74, 6) is -1.53. The number of aliphatic hydroxyl groups is 1. The number of hydrogen-bond donors (Lipinski definition) is 2. The summed E-state index contributed by atoms with van der Waals surface area (Å²) >= 11 is 0. The molecule has 0 heterocycles. The van der Waals surface area contributed by atoms with Crippen molar-refractivity contribution in [3.63, 3.8) is 0 Å². The Morgan fingerprint density at radius 3 is 2.50 bits per heavy atom. The molecule has 1 unspecified atom stereocenters. The van der Waals surface area contributed by atoms with Gasteiger partial charge in [0.25, 0.3) is 0 Å². The fraction of sp³-hybridized carbons (Fsp3) is 0.800. The van der Waals surface area contributed by atoms with E-state index in [1.165, 1.54) is 6.42 Å². The van der Waals surface area contributed by atoms with E-state index < -0.39 is 5.91 Å². The zero-order valence-corrected chi connectivity index (χ0v) is 5.22. The van der Waals surface area contributed by atoms with E-state index in [9.17, 15) is 0 Å². The second-order valence-corrected chi connectivity index (χ2v) is 1.47. The topological polar surface area (TPSA) is 55.5 Å². The fourth-order valence-electron chi connectivity index (χ4n) is 0.315. The number of ether oxygens (including phenoxy) is 1. The van der Waals surface area contributed by atoms with Crippen LogP contribution in [-0.4, -0.2) is 17.6 Å². The molecule has 0 aromatic carbocycles. The maximum Gasteiger partial charge on any atom is 0.225 e. The smallest absolute Gasteiger partial charge is 0.225 e. The highest BCUT2D eigenvalue weighted by atomic mass is 16.6. The summed E-state index contributed by atoms with van der Waals surface area (Å²) in [5, 5.41) is 8.82. The van der Waals surface area contributed by atoms with Crippen molar-refractivity contribution in [2.24, 2.45) is 5.73 Å². The molecule has 3 heteroatoms. The standard InChI is InChI=1S/C5H12NO2/c1-3-5(6,7)8-4-2/h3,7H,4,6H2,1-2H3. The van der Waals surface area contributed by atoms with Gasteiger partial charge in [-0.2, -0.15) is 0 Å². The zero-order chi connectivity index (χ0) is 6.62. The summed E-state index contributed by atoms with van der Waals surface area (Å²) in [5.41, 5.74) is 5.10. The SMILES string of the molecule is C[CH]C(N)(O)OCC. The molecule has 1 atom stereocenters. The van der Waals surface area contributed by atoms with Crippen LogP contribution in [0.15, 0.2) is 0 Å². The Balaban J connectivity index is 3.37. The van der Waals surface area contributed by atoms with Gasteiger partial charge in [-0.05, 0) is 6.92 Å². The van der Waals surface area contributed by atoms with E-state index in [2.05, 4.69) is 4.74 Å². The van der Waals surface area contributed by atoms with Crippen molar-refractivity contribution in [2.75, 3.05) is 6.61 Å². The van der Waals surface area contributed by atoms with Crippen molar-refractivity contribution in [1.82, 2.24) is 0 Å². The third-order valence-corrected chi connectivity index (χ3v) is 0.789. The first kappa shape index (κ1) is 7.88. The van der Waals surface area contributed by atoms with Gasteiger partial charge >= 0.3 is 0 Å². The van der Waals surface area contributed by atoms with Gasteiger partial charge in [-0.1, -0.05) is 6.92 Å². The van der Waals surface area contributed by atoms with Gasteiger partial charge in [0.15, 0.2) is 0 Å². The molecule has 0 aliphatic heterocycles. The highest BCUT2D eigenvalue weighted by molar-refractivity contribution is 4.72. The highest BCUT2D eigenvalue weighted by Crippen LogP contribution is 1.99. The quantitative estimate of drug-likeness (QED) is 0.507. The lowest BCUT2D eigenvalue weighted by Gasteiger charge is -2.19. The molecule has 0 spiro atoms. The van der Waals surface area contributed by atoms with Crippen molar-refractivity contribution < 1.29 is 9.84 Å². The van der Waals surface area contributed by atoms with Crippen LogP contribution in [0.5, 0.6) is 0 Å². The first-order valence-corrected chi connectivity index (χ1v) is 2.58. The van der Waals surface area contributed by atoms with Crippen molar-refractivity contribution >= 4 is 0 Å². The summed E-state index contributed by atoms with van der Waals surface area (Å²) in [6, 6.07) is 0. The van der Waals surface area contributed by atoms with Crippen LogP contribution in [0.2, 0.25) is 0 Å². The molecule has 0 amide bonds. The van der Waals surface area contributed by atoms with Crippen LogP contribution in [0.3, 0.4) is 0 Å². The van der Waals surface area contributed by atoms with Gasteiger partial charge in [0, 0.05) is 13.0 Å². The number of nitrogens with two attached hydrogens (primary N) is 1. The Hall–Kier alpha value is -0.120. The van der Waals surface area contributed by atoms with Crippen LogP contribution in [0.1, 0.15) is 13.8 Å². The van der Waals surface area contributed by atoms with E-state index in [4.69, 9.17) is 10.8 Å². The van der Waals surface area contributed by atoms with Crippen molar-refractivity contribution in [3.05, 3.63) is 6.42 Å². The summed E-state index contributed by atoms with van der Waals surface area (Å²) < 4.78 is 4.66. The van der Waals surface area contributed by atoms with Gasteiger partial charge in [-0.3, -0.25) is 5.73 Å². The largest absolute Gasteiger partial charge is 0.353 e. The van der Waals surface area contributed by atoms with E-state index in [1.807, 2.05) is 0 Å². The molecule has 3 nitrogen and oxygen atoms in total. The van der Waals surface area contributed by atoms with E-state index in [-0.39, 0.29) is 0 Å². The Kier molecular flexibility index (Phi) is 2.97. The molecule has 3 N–H and O–H groups in total. The lowest BCUT2D eigenvalue weighted by molar-refractivity contribution is -0.170. The predicted molar refractivity (Wildman–Crippen MR) is 30.7 cm³/mol. The van der Waals surface area contributed by atoms with Gasteiger partial charge in [-0.25, -0.2) is 0 Å². The third kappa shape index (κ3) is 2.96. The van der Waals surface area contributed by atoms with E-state index >= 15 is 0 Å². The molecule has 0 rings (SSSR count). The van der Waals surface area contributed by atoms with E-state index in [1.54, 1.807) is 13.8 Å². The molecular weight excluding hydrogens is 106 g/mol. The van der Waals surface area contributed by atoms with Gasteiger partial charge in [0.05, 0.1) is 0 Å². The zero-order valence-electron chi connectivity index (χ0n) is 5.22. The average molecular weight is 118 g/mol. The van der Waals surface area contributed by atoms with Crippen molar-refractivity contribution in [1.29, 1.82) is 0 Å². The Bertz CT molecular complexity index is 63.4. The van der Waals surface area contributed by atoms with Crippen molar-refractivity contribution in [2.45, 2.75) is 19.8 Å². The van der Waals surface area contributed by atoms with Crippen molar-refractivity contribution in [3.8, 4) is 0 Å². The van der Waals surface area contributed by atoms with Crippen LogP contribution < -0.4 is 5.73 Å². The lowest BCUT2D eigenvalue weighted by Crippen LogP contribution is -2.42. The van der Waals surface area contributed by atoms with Crippen LogP contribution in [0.25, 0.3) is 0 Å². The third-order valence-electron chi connectivity index (χ3n) is 0.789. The molecule has 0 aromatic rings. The van der Waals surface area contributed by atoms with Gasteiger partial charge in [0.1, 0.15) is 0 Å². The lowest BCUT2D eigenvalue weighted by atomic mass is 10.4.